The summed E-state index contributed by atoms with van der Waals surface area (Å²) in [4.78, 5) is 10.1. The van der Waals surface area contributed by atoms with Crippen LogP contribution in [-0.4, -0.2) is 40.0 Å². The molecule has 0 heterocycles. The second-order valence-corrected chi connectivity index (χ2v) is 3.91. The molecule has 0 fully saturated rings. The first kappa shape index (κ1) is 11.6. The Morgan fingerprint density at radius 1 is 1.67 bits per heavy atom. The number of carboxylic acid groups (broad SMARTS) is 1. The Hall–Kier alpha value is -0.420. The van der Waals surface area contributed by atoms with Crippen molar-refractivity contribution in [3.05, 3.63) is 0 Å². The smallest absolute Gasteiger partial charge is 0.316 e. The molecule has 0 radical (unpaired) electrons. The number of aliphatic carboxylic acids is 1. The van der Waals surface area contributed by atoms with Crippen LogP contribution in [0.25, 0.3) is 0 Å². The Bertz CT molecular complexity index is 165. The molecule has 2 unspecified atom stereocenters. The lowest BCUT2D eigenvalue weighted by atomic mass is 10.3. The Morgan fingerprint density at radius 2 is 2.25 bits per heavy atom. The fraction of sp³-hybridized carbons (Fsp3) is 0.857. The van der Waals surface area contributed by atoms with Gasteiger partial charge in [-0.1, -0.05) is 6.92 Å². The average molecular weight is 194 g/mol. The van der Waals surface area contributed by atoms with Gasteiger partial charge in [0.05, 0.1) is 11.9 Å². The van der Waals surface area contributed by atoms with E-state index in [1.165, 1.54) is 7.11 Å². The fourth-order valence-electron chi connectivity index (χ4n) is 0.757. The predicted octanol–water partition coefficient (Wildman–Crippen LogP) is 0.245. The van der Waals surface area contributed by atoms with Gasteiger partial charge in [-0.15, -0.1) is 0 Å². The molecule has 72 valence electrons. The third kappa shape index (κ3) is 5.26. The van der Waals surface area contributed by atoms with Crippen molar-refractivity contribution in [3.63, 3.8) is 0 Å². The average Bonchev–Trinajstić information content (AvgIpc) is 1.98. The molecule has 0 rings (SSSR count). The highest BCUT2D eigenvalue weighted by molar-refractivity contribution is 7.85. The number of rotatable bonds is 6. The number of hydrogen-bond acceptors (Lipinski definition) is 3. The molecule has 0 amide bonds. The summed E-state index contributed by atoms with van der Waals surface area (Å²) in [6.45, 7) is 1.91. The Kier molecular flexibility index (Phi) is 5.92. The van der Waals surface area contributed by atoms with E-state index >= 15 is 0 Å². The van der Waals surface area contributed by atoms with Crippen molar-refractivity contribution in [2.45, 2.75) is 19.4 Å². The van der Waals surface area contributed by atoms with Crippen molar-refractivity contribution < 1.29 is 18.8 Å². The molecule has 0 aromatic heterocycles. The van der Waals surface area contributed by atoms with Crippen LogP contribution in [0.4, 0.5) is 0 Å². The van der Waals surface area contributed by atoms with Gasteiger partial charge >= 0.3 is 5.97 Å². The first-order valence-corrected chi connectivity index (χ1v) is 5.18. The number of carboxylic acids is 1. The molecule has 0 aliphatic heterocycles. The third-order valence-corrected chi connectivity index (χ3v) is 2.76. The summed E-state index contributed by atoms with van der Waals surface area (Å²) in [6, 6.07) is 0. The monoisotopic (exact) mass is 194 g/mol. The van der Waals surface area contributed by atoms with Crippen molar-refractivity contribution in [2.75, 3.05) is 18.6 Å². The maximum Gasteiger partial charge on any atom is 0.316 e. The van der Waals surface area contributed by atoms with Crippen LogP contribution in [-0.2, 0) is 20.3 Å². The molecule has 12 heavy (non-hydrogen) atoms. The van der Waals surface area contributed by atoms with E-state index in [1.54, 1.807) is 0 Å². The lowest BCUT2D eigenvalue weighted by Gasteiger charge is -2.10. The normalized spacial score (nSPS) is 15.5. The van der Waals surface area contributed by atoms with Crippen LogP contribution in [0.5, 0.6) is 0 Å². The summed E-state index contributed by atoms with van der Waals surface area (Å²) < 4.78 is 16.0. The SMILES string of the molecule is CCC(CS(=O)CC(=O)O)OC. The van der Waals surface area contributed by atoms with Gasteiger partial charge in [-0.3, -0.25) is 9.00 Å². The minimum absolute atomic E-state index is 0.0924. The van der Waals surface area contributed by atoms with E-state index < -0.39 is 16.8 Å². The molecule has 0 aliphatic carbocycles. The van der Waals surface area contributed by atoms with Crippen molar-refractivity contribution in [1.29, 1.82) is 0 Å². The summed E-state index contributed by atoms with van der Waals surface area (Å²) >= 11 is 0. The van der Waals surface area contributed by atoms with Gasteiger partial charge < -0.3 is 9.84 Å². The molecule has 0 bridgehead atoms. The van der Waals surface area contributed by atoms with E-state index in [2.05, 4.69) is 0 Å². The molecular weight excluding hydrogens is 180 g/mol. The van der Waals surface area contributed by atoms with Gasteiger partial charge in [0.1, 0.15) is 5.75 Å². The molecule has 1 N–H and O–H groups in total. The molecule has 2 atom stereocenters. The van der Waals surface area contributed by atoms with Gasteiger partial charge in [0.2, 0.25) is 0 Å². The van der Waals surface area contributed by atoms with Crippen molar-refractivity contribution >= 4 is 16.8 Å². The number of hydrogen-bond donors (Lipinski definition) is 1. The summed E-state index contributed by atoms with van der Waals surface area (Å²) in [5.74, 6) is -1.02. The van der Waals surface area contributed by atoms with Gasteiger partial charge in [-0.05, 0) is 6.42 Å². The second kappa shape index (κ2) is 6.14. The Morgan fingerprint density at radius 3 is 2.58 bits per heavy atom. The van der Waals surface area contributed by atoms with Crippen LogP contribution in [0.1, 0.15) is 13.3 Å². The Labute approximate surface area is 74.4 Å². The maximum absolute atomic E-state index is 11.0. The zero-order valence-corrected chi connectivity index (χ0v) is 8.10. The molecular formula is C7H14O4S. The van der Waals surface area contributed by atoms with Crippen molar-refractivity contribution in [1.82, 2.24) is 0 Å². The third-order valence-electron chi connectivity index (χ3n) is 1.44. The highest BCUT2D eigenvalue weighted by atomic mass is 32.2. The predicted molar refractivity (Wildman–Crippen MR) is 46.6 cm³/mol. The van der Waals surface area contributed by atoms with Gasteiger partial charge in [-0.25, -0.2) is 0 Å². The topological polar surface area (TPSA) is 63.6 Å². The molecule has 0 saturated heterocycles. The maximum atomic E-state index is 11.0. The van der Waals surface area contributed by atoms with E-state index in [0.717, 1.165) is 6.42 Å². The molecule has 0 aliphatic rings. The lowest BCUT2D eigenvalue weighted by molar-refractivity contribution is -0.133. The van der Waals surface area contributed by atoms with Crippen LogP contribution in [0.15, 0.2) is 0 Å². The quantitative estimate of drug-likeness (QED) is 0.658. The number of methoxy groups -OCH3 is 1. The first-order valence-electron chi connectivity index (χ1n) is 3.69. The van der Waals surface area contributed by atoms with Crippen molar-refractivity contribution in [2.24, 2.45) is 0 Å². The second-order valence-electron chi connectivity index (χ2n) is 2.41. The molecule has 0 aromatic rings. The highest BCUT2D eigenvalue weighted by Gasteiger charge is 2.12. The minimum atomic E-state index is -1.30. The Balaban J connectivity index is 3.74. The first-order chi connectivity index (χ1) is 5.60. The largest absolute Gasteiger partial charge is 0.481 e. The van der Waals surface area contributed by atoms with Crippen LogP contribution < -0.4 is 0 Å². The van der Waals surface area contributed by atoms with Crippen LogP contribution >= 0.6 is 0 Å². The summed E-state index contributed by atoms with van der Waals surface area (Å²) in [7, 11) is 0.229. The standard InChI is InChI=1S/C7H14O4S/c1-3-6(11-2)4-12(10)5-7(8)9/h6H,3-5H2,1-2H3,(H,8,9). The highest BCUT2D eigenvalue weighted by Crippen LogP contribution is 1.98. The van der Waals surface area contributed by atoms with Gasteiger partial charge in [0.15, 0.2) is 0 Å². The number of carbonyl (C=O) groups is 1. The van der Waals surface area contributed by atoms with E-state index in [4.69, 9.17) is 9.84 Å². The zero-order valence-electron chi connectivity index (χ0n) is 7.28. The molecule has 4 nitrogen and oxygen atoms in total. The summed E-state index contributed by atoms with van der Waals surface area (Å²) in [5.41, 5.74) is 0. The van der Waals surface area contributed by atoms with Gasteiger partial charge in [0, 0.05) is 17.9 Å². The van der Waals surface area contributed by atoms with E-state index in [1.807, 2.05) is 6.92 Å². The number of ether oxygens (including phenoxy) is 1. The van der Waals surface area contributed by atoms with Crippen molar-refractivity contribution in [3.8, 4) is 0 Å². The van der Waals surface area contributed by atoms with Crippen LogP contribution in [0, 0.1) is 0 Å². The summed E-state index contributed by atoms with van der Waals surface area (Å²) in [5, 5.41) is 8.31. The van der Waals surface area contributed by atoms with E-state index in [9.17, 15) is 9.00 Å². The molecule has 0 aromatic carbocycles. The van der Waals surface area contributed by atoms with E-state index in [0.29, 0.717) is 5.75 Å². The van der Waals surface area contributed by atoms with E-state index in [-0.39, 0.29) is 11.9 Å². The van der Waals surface area contributed by atoms with Gasteiger partial charge in [0.25, 0.3) is 0 Å². The molecule has 0 saturated carbocycles. The molecule has 0 spiro atoms. The lowest BCUT2D eigenvalue weighted by Crippen LogP contribution is -2.22. The molecule has 5 heteroatoms. The van der Waals surface area contributed by atoms with Gasteiger partial charge in [-0.2, -0.15) is 0 Å². The minimum Gasteiger partial charge on any atom is -0.481 e. The fourth-order valence-corrected chi connectivity index (χ4v) is 1.94. The zero-order chi connectivity index (χ0) is 9.56. The summed E-state index contributed by atoms with van der Waals surface area (Å²) in [6.07, 6.45) is 0.659. The van der Waals surface area contributed by atoms with Crippen LogP contribution in [0.3, 0.4) is 0 Å². The van der Waals surface area contributed by atoms with Crippen LogP contribution in [0.2, 0.25) is 0 Å².